The number of ether oxygens (including phenoxy) is 1. The minimum atomic E-state index is -0.170. The molecule has 3 fully saturated rings. The number of carbonyl (C=O) groups excluding carboxylic acids is 3. The number of rotatable bonds is 3. The molecule has 2 saturated heterocycles. The molecule has 2 heterocycles. The van der Waals surface area contributed by atoms with Crippen LogP contribution in [0.1, 0.15) is 12.8 Å². The summed E-state index contributed by atoms with van der Waals surface area (Å²) in [5.74, 6) is -0.0180. The molecule has 4 amide bonds. The lowest BCUT2D eigenvalue weighted by molar-refractivity contribution is -0.140. The van der Waals surface area contributed by atoms with E-state index in [-0.39, 0.29) is 48.1 Å². The van der Waals surface area contributed by atoms with Crippen molar-refractivity contribution in [1.29, 1.82) is 0 Å². The van der Waals surface area contributed by atoms with Crippen molar-refractivity contribution in [3.05, 3.63) is 12.2 Å². The van der Waals surface area contributed by atoms with Gasteiger partial charge < -0.3 is 15.0 Å². The second-order valence-electron chi connectivity index (χ2n) is 7.00. The lowest BCUT2D eigenvalue weighted by atomic mass is 9.63. The van der Waals surface area contributed by atoms with Crippen molar-refractivity contribution in [1.82, 2.24) is 15.1 Å². The molecule has 0 spiro atoms. The maximum atomic E-state index is 12.6. The quantitative estimate of drug-likeness (QED) is 0.592. The van der Waals surface area contributed by atoms with Gasteiger partial charge in [0.1, 0.15) is 0 Å². The normalized spacial score (nSPS) is 34.7. The third-order valence-corrected chi connectivity index (χ3v) is 5.76. The van der Waals surface area contributed by atoms with E-state index in [1.165, 1.54) is 4.90 Å². The fourth-order valence-corrected chi connectivity index (χ4v) is 4.51. The third-order valence-electron chi connectivity index (χ3n) is 5.76. The van der Waals surface area contributed by atoms with Crippen LogP contribution in [0.4, 0.5) is 4.79 Å². The van der Waals surface area contributed by atoms with Crippen molar-refractivity contribution in [3.8, 4) is 0 Å². The molecule has 7 heteroatoms. The fourth-order valence-electron chi connectivity index (χ4n) is 4.51. The van der Waals surface area contributed by atoms with Gasteiger partial charge in [0, 0.05) is 26.2 Å². The highest BCUT2D eigenvalue weighted by Crippen LogP contribution is 2.49. The molecule has 5 aliphatic rings. The maximum absolute atomic E-state index is 12.6. The van der Waals surface area contributed by atoms with Gasteiger partial charge in [0.15, 0.2) is 0 Å². The second-order valence-corrected chi connectivity index (χ2v) is 7.00. The molecule has 5 rings (SSSR count). The summed E-state index contributed by atoms with van der Waals surface area (Å²) in [5, 5.41) is 2.81. The summed E-state index contributed by atoms with van der Waals surface area (Å²) in [6.07, 6.45) is 6.24. The Labute approximate surface area is 141 Å². The smallest absolute Gasteiger partial charge is 0.317 e. The van der Waals surface area contributed by atoms with E-state index in [4.69, 9.17) is 4.74 Å². The molecule has 1 saturated carbocycles. The highest BCUT2D eigenvalue weighted by atomic mass is 16.5. The van der Waals surface area contributed by atoms with Crippen molar-refractivity contribution < 1.29 is 19.1 Å². The van der Waals surface area contributed by atoms with Crippen LogP contribution >= 0.6 is 0 Å². The molecule has 7 nitrogen and oxygen atoms in total. The number of carbonyl (C=O) groups is 3. The van der Waals surface area contributed by atoms with Crippen LogP contribution < -0.4 is 5.32 Å². The lowest BCUT2D eigenvalue weighted by Crippen LogP contribution is -2.48. The van der Waals surface area contributed by atoms with Gasteiger partial charge in [-0.05, 0) is 24.7 Å². The van der Waals surface area contributed by atoms with Gasteiger partial charge in [0.25, 0.3) is 0 Å². The number of fused-ring (bicyclic) bond motifs is 1. The highest BCUT2D eigenvalue weighted by molar-refractivity contribution is 6.06. The summed E-state index contributed by atoms with van der Waals surface area (Å²) < 4.78 is 5.22. The summed E-state index contributed by atoms with van der Waals surface area (Å²) in [4.78, 5) is 40.4. The first-order valence-electron chi connectivity index (χ1n) is 8.81. The molecule has 0 aromatic heterocycles. The topological polar surface area (TPSA) is 79.0 Å². The van der Waals surface area contributed by atoms with Gasteiger partial charge in [-0.1, -0.05) is 12.2 Å². The number of nitrogens with zero attached hydrogens (tertiary/aromatic N) is 2. The molecule has 2 bridgehead atoms. The molecule has 1 N–H and O–H groups in total. The number of imide groups is 1. The molecule has 0 aromatic carbocycles. The molecule has 0 radical (unpaired) electrons. The van der Waals surface area contributed by atoms with Crippen molar-refractivity contribution in [2.75, 3.05) is 39.4 Å². The zero-order chi connectivity index (χ0) is 16.7. The van der Waals surface area contributed by atoms with Crippen LogP contribution in [0.5, 0.6) is 0 Å². The molecule has 24 heavy (non-hydrogen) atoms. The van der Waals surface area contributed by atoms with Gasteiger partial charge >= 0.3 is 6.03 Å². The number of likely N-dealkylation sites (tertiary alicyclic amines) is 1. The van der Waals surface area contributed by atoms with E-state index in [0.717, 1.165) is 12.8 Å². The average Bonchev–Trinajstić information content (AvgIpc) is 2.90. The van der Waals surface area contributed by atoms with Gasteiger partial charge in [0.05, 0.1) is 25.0 Å². The van der Waals surface area contributed by atoms with Crippen molar-refractivity contribution in [2.45, 2.75) is 12.8 Å². The minimum absolute atomic E-state index is 0.0512. The molecule has 4 atom stereocenters. The molecule has 0 unspecified atom stereocenters. The fraction of sp³-hybridized carbons (Fsp3) is 0.706. The number of urea groups is 1. The maximum Gasteiger partial charge on any atom is 0.317 e. The summed E-state index contributed by atoms with van der Waals surface area (Å²) in [7, 11) is 0. The standard InChI is InChI=1S/C17H23N3O4/c21-15-13-11-1-2-12(4-3-11)14(13)16(22)20(15)6-5-18-17(23)19-7-9-24-10-8-19/h1-2,11-14H,3-10H2,(H,18,23)/t11-,12-,13+,14+/m0/s1. The molecule has 2 aliphatic heterocycles. The van der Waals surface area contributed by atoms with Gasteiger partial charge in [-0.3, -0.25) is 14.5 Å². The number of allylic oxidation sites excluding steroid dienone is 2. The lowest BCUT2D eigenvalue weighted by Gasteiger charge is -2.38. The summed E-state index contributed by atoms with van der Waals surface area (Å²) >= 11 is 0. The Morgan fingerprint density at radius 3 is 2.21 bits per heavy atom. The van der Waals surface area contributed by atoms with Crippen LogP contribution in [0.15, 0.2) is 12.2 Å². The van der Waals surface area contributed by atoms with E-state index in [1.807, 2.05) is 0 Å². The summed E-state index contributed by atoms with van der Waals surface area (Å²) in [6.45, 7) is 2.82. The largest absolute Gasteiger partial charge is 0.378 e. The number of nitrogens with one attached hydrogen (secondary N) is 1. The third kappa shape index (κ3) is 2.51. The van der Waals surface area contributed by atoms with E-state index in [0.29, 0.717) is 32.8 Å². The van der Waals surface area contributed by atoms with Crippen molar-refractivity contribution in [3.63, 3.8) is 0 Å². The van der Waals surface area contributed by atoms with Crippen LogP contribution in [-0.4, -0.2) is 67.0 Å². The Balaban J connectivity index is 1.33. The van der Waals surface area contributed by atoms with E-state index < -0.39 is 0 Å². The molecule has 3 aliphatic carbocycles. The zero-order valence-electron chi connectivity index (χ0n) is 13.6. The van der Waals surface area contributed by atoms with E-state index in [1.54, 1.807) is 4.90 Å². The van der Waals surface area contributed by atoms with Crippen molar-refractivity contribution >= 4 is 17.8 Å². The molecule has 130 valence electrons. The van der Waals surface area contributed by atoms with E-state index >= 15 is 0 Å². The monoisotopic (exact) mass is 333 g/mol. The second kappa shape index (κ2) is 6.20. The van der Waals surface area contributed by atoms with Crippen LogP contribution in [0, 0.1) is 23.7 Å². The van der Waals surface area contributed by atoms with Crippen molar-refractivity contribution in [2.24, 2.45) is 23.7 Å². The highest BCUT2D eigenvalue weighted by Gasteiger charge is 2.56. The molecular formula is C17H23N3O4. The van der Waals surface area contributed by atoms with Crippen LogP contribution in [0.3, 0.4) is 0 Å². The first-order valence-corrected chi connectivity index (χ1v) is 8.81. The summed E-state index contributed by atoms with van der Waals surface area (Å²) in [5.41, 5.74) is 0. The van der Waals surface area contributed by atoms with Crippen LogP contribution in [0.25, 0.3) is 0 Å². The van der Waals surface area contributed by atoms with E-state index in [9.17, 15) is 14.4 Å². The Morgan fingerprint density at radius 2 is 1.67 bits per heavy atom. The van der Waals surface area contributed by atoms with Gasteiger partial charge in [-0.25, -0.2) is 4.79 Å². The number of morpholine rings is 1. The Hall–Kier alpha value is -1.89. The van der Waals surface area contributed by atoms with Crippen LogP contribution in [0.2, 0.25) is 0 Å². The Kier molecular flexibility index (Phi) is 4.04. The van der Waals surface area contributed by atoms with Gasteiger partial charge in [-0.2, -0.15) is 0 Å². The first-order chi connectivity index (χ1) is 11.7. The SMILES string of the molecule is O=C(NCCN1C(=O)[C@H]2[C@H](C1=O)[C@H]1C=C[C@H]2CC1)N1CCOCC1. The predicted molar refractivity (Wildman–Crippen MR) is 84.8 cm³/mol. The van der Waals surface area contributed by atoms with Gasteiger partial charge in [0.2, 0.25) is 11.8 Å². The van der Waals surface area contributed by atoms with E-state index in [2.05, 4.69) is 17.5 Å². The molecular weight excluding hydrogens is 310 g/mol. The zero-order valence-corrected chi connectivity index (χ0v) is 13.6. The summed E-state index contributed by atoms with van der Waals surface area (Å²) in [6, 6.07) is -0.156. The predicted octanol–water partition coefficient (Wildman–Crippen LogP) is 0.225. The first kappa shape index (κ1) is 15.6. The number of hydrogen-bond donors (Lipinski definition) is 1. The average molecular weight is 333 g/mol. The number of hydrogen-bond acceptors (Lipinski definition) is 4. The number of amides is 4. The Morgan fingerprint density at radius 1 is 1.08 bits per heavy atom. The van der Waals surface area contributed by atoms with Crippen LogP contribution in [-0.2, 0) is 14.3 Å². The Bertz CT molecular complexity index is 552. The minimum Gasteiger partial charge on any atom is -0.378 e. The molecule has 0 aromatic rings. The van der Waals surface area contributed by atoms with Gasteiger partial charge in [-0.15, -0.1) is 0 Å².